The Morgan fingerprint density at radius 1 is 1.27 bits per heavy atom. The largest absolute Gasteiger partial charge is 0.343 e. The van der Waals surface area contributed by atoms with Gasteiger partial charge in [0.15, 0.2) is 5.82 Å². The molecule has 1 unspecified atom stereocenters. The first kappa shape index (κ1) is 18.0. The van der Waals surface area contributed by atoms with Gasteiger partial charge in [0, 0.05) is 33.0 Å². The van der Waals surface area contributed by atoms with Crippen molar-refractivity contribution < 1.29 is 9.32 Å². The minimum absolute atomic E-state index is 0.247. The fraction of sp³-hybridized carbons (Fsp3) is 0.850. The lowest BCUT2D eigenvalue weighted by atomic mass is 9.76. The first-order valence-corrected chi connectivity index (χ1v) is 10.3. The first-order chi connectivity index (χ1) is 12.5. The van der Waals surface area contributed by atoms with Gasteiger partial charge in [-0.15, -0.1) is 0 Å². The average Bonchev–Trinajstić information content (AvgIpc) is 3.35. The number of nitrogens with zero attached hydrogens (tertiary/aromatic N) is 4. The number of carbonyl (C=O) groups is 1. The highest BCUT2D eigenvalue weighted by Crippen LogP contribution is 2.47. The number of aromatic nitrogens is 2. The number of rotatable bonds is 4. The number of amides is 1. The highest BCUT2D eigenvalue weighted by Gasteiger charge is 2.46. The van der Waals surface area contributed by atoms with Crippen molar-refractivity contribution in [1.29, 1.82) is 0 Å². The smallest absolute Gasteiger partial charge is 0.223 e. The number of aryl methyl sites for hydroxylation is 1. The maximum atomic E-state index is 12.6. The molecule has 0 aromatic carbocycles. The van der Waals surface area contributed by atoms with Gasteiger partial charge in [0.25, 0.3) is 0 Å². The minimum atomic E-state index is 0.247. The van der Waals surface area contributed by atoms with Crippen LogP contribution in [0.4, 0.5) is 0 Å². The molecule has 3 heterocycles. The lowest BCUT2D eigenvalue weighted by Crippen LogP contribution is -2.44. The second-order valence-electron chi connectivity index (χ2n) is 8.88. The van der Waals surface area contributed by atoms with Crippen LogP contribution in [0, 0.1) is 18.3 Å². The summed E-state index contributed by atoms with van der Waals surface area (Å²) < 4.78 is 5.18. The van der Waals surface area contributed by atoms with Crippen LogP contribution in [0.2, 0.25) is 0 Å². The van der Waals surface area contributed by atoms with Gasteiger partial charge in [-0.1, -0.05) is 30.8 Å². The monoisotopic (exact) mass is 360 g/mol. The number of likely N-dealkylation sites (tertiary alicyclic amines) is 2. The molecule has 1 spiro atoms. The normalized spacial score (nSPS) is 26.8. The van der Waals surface area contributed by atoms with Gasteiger partial charge in [0.2, 0.25) is 11.8 Å². The zero-order valence-electron chi connectivity index (χ0n) is 16.2. The fourth-order valence-electron chi connectivity index (χ4n) is 5.39. The van der Waals surface area contributed by atoms with E-state index in [1.165, 1.54) is 25.7 Å². The Bertz CT molecular complexity index is 630. The maximum Gasteiger partial charge on any atom is 0.223 e. The molecule has 1 saturated carbocycles. The van der Waals surface area contributed by atoms with Crippen molar-refractivity contribution in [3.05, 3.63) is 11.7 Å². The summed E-state index contributed by atoms with van der Waals surface area (Å²) in [4.78, 5) is 21.5. The molecule has 0 bridgehead atoms. The van der Waals surface area contributed by atoms with E-state index in [-0.39, 0.29) is 6.04 Å². The van der Waals surface area contributed by atoms with E-state index in [0.29, 0.717) is 17.2 Å². The van der Waals surface area contributed by atoms with Crippen LogP contribution < -0.4 is 0 Å². The standard InChI is InChI=1S/C20H32N4O2/c1-15-21-19(22-26-15)17-13-20(14-23(17)2)9-11-24(12-10-20)18(25)8-7-16-5-3-4-6-16/h16-17H,3-14H2,1-2H3. The molecule has 3 fully saturated rings. The third-order valence-electron chi connectivity index (χ3n) is 7.00. The molecule has 2 aliphatic heterocycles. The number of hydrogen-bond donors (Lipinski definition) is 0. The second kappa shape index (κ2) is 7.29. The topological polar surface area (TPSA) is 62.5 Å². The van der Waals surface area contributed by atoms with Gasteiger partial charge in [0.05, 0.1) is 6.04 Å². The van der Waals surface area contributed by atoms with Gasteiger partial charge in [-0.2, -0.15) is 4.98 Å². The molecule has 1 aromatic rings. The molecule has 4 rings (SSSR count). The van der Waals surface area contributed by atoms with E-state index in [0.717, 1.165) is 63.5 Å². The molecule has 26 heavy (non-hydrogen) atoms. The van der Waals surface area contributed by atoms with Crippen molar-refractivity contribution in [3.8, 4) is 0 Å². The quantitative estimate of drug-likeness (QED) is 0.824. The Labute approximate surface area is 156 Å². The number of piperidine rings is 1. The van der Waals surface area contributed by atoms with Gasteiger partial charge in [-0.3, -0.25) is 9.69 Å². The van der Waals surface area contributed by atoms with Crippen molar-refractivity contribution in [1.82, 2.24) is 19.9 Å². The van der Waals surface area contributed by atoms with Gasteiger partial charge < -0.3 is 9.42 Å². The molecule has 1 aliphatic carbocycles. The van der Waals surface area contributed by atoms with E-state index >= 15 is 0 Å². The predicted octanol–water partition coefficient (Wildman–Crippen LogP) is 3.33. The van der Waals surface area contributed by atoms with E-state index in [4.69, 9.17) is 4.52 Å². The van der Waals surface area contributed by atoms with Crippen LogP contribution in [-0.2, 0) is 4.79 Å². The Kier molecular flexibility index (Phi) is 5.04. The zero-order valence-corrected chi connectivity index (χ0v) is 16.2. The fourth-order valence-corrected chi connectivity index (χ4v) is 5.39. The SMILES string of the molecule is Cc1nc(C2CC3(CCN(C(=O)CCC4CCCC4)CC3)CN2C)no1. The van der Waals surface area contributed by atoms with Gasteiger partial charge in [-0.25, -0.2) is 0 Å². The summed E-state index contributed by atoms with van der Waals surface area (Å²) in [6.45, 7) is 4.73. The van der Waals surface area contributed by atoms with E-state index in [1.54, 1.807) is 0 Å². The van der Waals surface area contributed by atoms with Crippen LogP contribution in [0.5, 0.6) is 0 Å². The molecule has 0 radical (unpaired) electrons. The molecule has 1 aromatic heterocycles. The van der Waals surface area contributed by atoms with Crippen LogP contribution in [-0.4, -0.2) is 52.5 Å². The molecular formula is C20H32N4O2. The van der Waals surface area contributed by atoms with Crippen LogP contribution >= 0.6 is 0 Å². The number of hydrogen-bond acceptors (Lipinski definition) is 5. The van der Waals surface area contributed by atoms with Crippen LogP contribution in [0.3, 0.4) is 0 Å². The summed E-state index contributed by atoms with van der Waals surface area (Å²) in [5, 5.41) is 4.14. The van der Waals surface area contributed by atoms with E-state index in [1.807, 2.05) is 6.92 Å². The Hall–Kier alpha value is -1.43. The minimum Gasteiger partial charge on any atom is -0.343 e. The van der Waals surface area contributed by atoms with E-state index in [9.17, 15) is 4.79 Å². The summed E-state index contributed by atoms with van der Waals surface area (Å²) in [6.07, 6.45) is 10.5. The van der Waals surface area contributed by atoms with Crippen molar-refractivity contribution in [3.63, 3.8) is 0 Å². The van der Waals surface area contributed by atoms with Crippen LogP contribution in [0.25, 0.3) is 0 Å². The summed E-state index contributed by atoms with van der Waals surface area (Å²) in [7, 11) is 2.16. The van der Waals surface area contributed by atoms with Crippen molar-refractivity contribution in [2.75, 3.05) is 26.7 Å². The van der Waals surface area contributed by atoms with Gasteiger partial charge >= 0.3 is 0 Å². The van der Waals surface area contributed by atoms with Gasteiger partial charge in [0.1, 0.15) is 0 Å². The molecular weight excluding hydrogens is 328 g/mol. The first-order valence-electron chi connectivity index (χ1n) is 10.3. The molecule has 2 saturated heterocycles. The van der Waals surface area contributed by atoms with E-state index < -0.39 is 0 Å². The Morgan fingerprint density at radius 3 is 2.65 bits per heavy atom. The summed E-state index contributed by atoms with van der Waals surface area (Å²) in [6, 6.07) is 0.247. The third-order valence-corrected chi connectivity index (χ3v) is 7.00. The highest BCUT2D eigenvalue weighted by molar-refractivity contribution is 5.76. The molecule has 6 nitrogen and oxygen atoms in total. The summed E-state index contributed by atoms with van der Waals surface area (Å²) in [5.41, 5.74) is 0.302. The van der Waals surface area contributed by atoms with Crippen molar-refractivity contribution >= 4 is 5.91 Å². The van der Waals surface area contributed by atoms with Gasteiger partial charge in [-0.05, 0) is 44.1 Å². The Balaban J connectivity index is 1.29. The van der Waals surface area contributed by atoms with E-state index in [2.05, 4.69) is 27.0 Å². The number of carbonyl (C=O) groups excluding carboxylic acids is 1. The highest BCUT2D eigenvalue weighted by atomic mass is 16.5. The van der Waals surface area contributed by atoms with Crippen molar-refractivity contribution in [2.24, 2.45) is 11.3 Å². The average molecular weight is 361 g/mol. The molecule has 6 heteroatoms. The second-order valence-corrected chi connectivity index (χ2v) is 8.88. The lowest BCUT2D eigenvalue weighted by Gasteiger charge is -2.39. The summed E-state index contributed by atoms with van der Waals surface area (Å²) >= 11 is 0. The molecule has 1 atom stereocenters. The Morgan fingerprint density at radius 2 is 2.00 bits per heavy atom. The molecule has 3 aliphatic rings. The van der Waals surface area contributed by atoms with Crippen LogP contribution in [0.15, 0.2) is 4.52 Å². The zero-order chi connectivity index (χ0) is 18.1. The third kappa shape index (κ3) is 3.66. The summed E-state index contributed by atoms with van der Waals surface area (Å²) in [5.74, 6) is 2.63. The predicted molar refractivity (Wildman–Crippen MR) is 98.5 cm³/mol. The lowest BCUT2D eigenvalue weighted by molar-refractivity contribution is -0.133. The molecule has 0 N–H and O–H groups in total. The molecule has 144 valence electrons. The van der Waals surface area contributed by atoms with Crippen molar-refractivity contribution in [2.45, 2.75) is 70.8 Å². The molecule has 1 amide bonds. The maximum absolute atomic E-state index is 12.6. The van der Waals surface area contributed by atoms with Crippen LogP contribution in [0.1, 0.15) is 75.5 Å².